The van der Waals surface area contributed by atoms with E-state index in [0.29, 0.717) is 18.7 Å². The van der Waals surface area contributed by atoms with Crippen LogP contribution in [0.25, 0.3) is 5.69 Å². The van der Waals surface area contributed by atoms with Crippen molar-refractivity contribution in [1.29, 1.82) is 0 Å². The second-order valence-corrected chi connectivity index (χ2v) is 7.42. The summed E-state index contributed by atoms with van der Waals surface area (Å²) in [7, 11) is 3.43. The van der Waals surface area contributed by atoms with Gasteiger partial charge in [-0.25, -0.2) is 4.98 Å². The number of nitrogens with zero attached hydrogens (tertiary/aromatic N) is 4. The van der Waals surface area contributed by atoms with Crippen LogP contribution in [0.4, 0.5) is 0 Å². The van der Waals surface area contributed by atoms with Gasteiger partial charge in [0.25, 0.3) is 5.91 Å². The average molecular weight is 368 g/mol. The summed E-state index contributed by atoms with van der Waals surface area (Å²) in [6, 6.07) is 5.92. The number of carbonyl (C=O) groups is 2. The largest absolute Gasteiger partial charge is 0.495 e. The molecule has 2 aliphatic heterocycles. The van der Waals surface area contributed by atoms with Crippen LogP contribution in [-0.4, -0.2) is 64.0 Å². The normalized spacial score (nSPS) is 22.1. The molecule has 27 heavy (non-hydrogen) atoms. The third-order valence-electron chi connectivity index (χ3n) is 5.59. The summed E-state index contributed by atoms with van der Waals surface area (Å²) in [4.78, 5) is 33.3. The zero-order valence-corrected chi connectivity index (χ0v) is 15.9. The van der Waals surface area contributed by atoms with Crippen molar-refractivity contribution in [2.24, 2.45) is 0 Å². The van der Waals surface area contributed by atoms with Gasteiger partial charge in [-0.1, -0.05) is 6.07 Å². The Hall–Kier alpha value is -2.83. The van der Waals surface area contributed by atoms with Crippen LogP contribution in [0.15, 0.2) is 30.7 Å². The Balaban J connectivity index is 1.63. The van der Waals surface area contributed by atoms with Crippen molar-refractivity contribution in [2.45, 2.75) is 38.3 Å². The van der Waals surface area contributed by atoms with Crippen LogP contribution in [-0.2, 0) is 4.79 Å². The van der Waals surface area contributed by atoms with E-state index in [1.807, 2.05) is 41.6 Å². The summed E-state index contributed by atoms with van der Waals surface area (Å²) in [6.45, 7) is 2.60. The molecule has 0 N–H and O–H groups in total. The summed E-state index contributed by atoms with van der Waals surface area (Å²) in [5.74, 6) is 0.727. The van der Waals surface area contributed by atoms with E-state index in [-0.39, 0.29) is 23.9 Å². The number of rotatable bonds is 3. The molecule has 4 rings (SSSR count). The molecular formula is C20H24N4O3. The lowest BCUT2D eigenvalue weighted by atomic mass is 10.1. The number of ether oxygens (including phenoxy) is 1. The fraction of sp³-hybridized carbons (Fsp3) is 0.450. The fourth-order valence-corrected chi connectivity index (χ4v) is 4.15. The molecule has 0 spiro atoms. The number of likely N-dealkylation sites (tertiary alicyclic amines) is 1. The smallest absolute Gasteiger partial charge is 0.274 e. The predicted octanol–water partition coefficient (Wildman–Crippen LogP) is 2.02. The first-order valence-electron chi connectivity index (χ1n) is 9.23. The molecule has 7 nitrogen and oxygen atoms in total. The number of likely N-dealkylation sites (N-methyl/N-ethyl adjacent to an activating group) is 1. The number of aromatic nitrogens is 2. The Morgan fingerprint density at radius 2 is 2.04 bits per heavy atom. The number of hydrogen-bond donors (Lipinski definition) is 0. The molecular weight excluding hydrogens is 344 g/mol. The van der Waals surface area contributed by atoms with Gasteiger partial charge in [-0.2, -0.15) is 0 Å². The molecule has 2 aromatic rings. The summed E-state index contributed by atoms with van der Waals surface area (Å²) >= 11 is 0. The van der Waals surface area contributed by atoms with Gasteiger partial charge in [0.2, 0.25) is 5.91 Å². The monoisotopic (exact) mass is 368 g/mol. The molecule has 2 fully saturated rings. The highest BCUT2D eigenvalue weighted by Gasteiger charge is 2.42. The van der Waals surface area contributed by atoms with Crippen molar-refractivity contribution in [1.82, 2.24) is 19.4 Å². The third kappa shape index (κ3) is 3.07. The standard InChI is InChI=1S/C20H24N4O3/c1-13-4-7-18(27-3)17(8-13)23-11-16(21-12-23)20(26)24-14-5-6-15(24)10-22(2)19(25)9-14/h4,7-8,11-12,14-15H,5-6,9-10H2,1-3H3/t14-,15+/m0/s1. The number of fused-ring (bicyclic) bond motifs is 2. The SMILES string of the molecule is COc1ccc(C)cc1-n1cnc(C(=O)N2[C@@H]3CC[C@H]2CC(=O)N(C)C3)c1. The van der Waals surface area contributed by atoms with Crippen molar-refractivity contribution >= 4 is 11.8 Å². The lowest BCUT2D eigenvalue weighted by Crippen LogP contribution is -2.42. The lowest BCUT2D eigenvalue weighted by Gasteiger charge is -2.27. The molecule has 2 saturated heterocycles. The van der Waals surface area contributed by atoms with Crippen molar-refractivity contribution in [3.8, 4) is 11.4 Å². The fourth-order valence-electron chi connectivity index (χ4n) is 4.15. The van der Waals surface area contributed by atoms with E-state index >= 15 is 0 Å². The number of hydrogen-bond acceptors (Lipinski definition) is 4. The number of carbonyl (C=O) groups excluding carboxylic acids is 2. The first kappa shape index (κ1) is 17.6. The van der Waals surface area contributed by atoms with Gasteiger partial charge in [-0.3, -0.25) is 9.59 Å². The summed E-state index contributed by atoms with van der Waals surface area (Å²) < 4.78 is 7.25. The zero-order chi connectivity index (χ0) is 19.1. The highest BCUT2D eigenvalue weighted by molar-refractivity contribution is 5.93. The third-order valence-corrected chi connectivity index (χ3v) is 5.59. The average Bonchev–Trinajstić information content (AvgIpc) is 3.26. The van der Waals surface area contributed by atoms with Crippen molar-refractivity contribution < 1.29 is 14.3 Å². The van der Waals surface area contributed by atoms with Crippen LogP contribution in [0.1, 0.15) is 35.3 Å². The highest BCUT2D eigenvalue weighted by Crippen LogP contribution is 2.32. The number of methoxy groups -OCH3 is 1. The molecule has 2 bridgehead atoms. The van der Waals surface area contributed by atoms with Crippen molar-refractivity contribution in [3.63, 3.8) is 0 Å². The molecule has 0 unspecified atom stereocenters. The van der Waals surface area contributed by atoms with Crippen molar-refractivity contribution in [2.75, 3.05) is 20.7 Å². The Labute approximate surface area is 158 Å². The van der Waals surface area contributed by atoms with E-state index < -0.39 is 0 Å². The molecule has 0 saturated carbocycles. The Morgan fingerprint density at radius 1 is 1.26 bits per heavy atom. The van der Waals surface area contributed by atoms with E-state index in [2.05, 4.69) is 4.98 Å². The summed E-state index contributed by atoms with van der Waals surface area (Å²) in [5, 5.41) is 0. The van der Waals surface area contributed by atoms with E-state index in [1.165, 1.54) is 0 Å². The maximum absolute atomic E-state index is 13.2. The van der Waals surface area contributed by atoms with Crippen LogP contribution < -0.4 is 4.74 Å². The van der Waals surface area contributed by atoms with Crippen molar-refractivity contribution in [3.05, 3.63) is 42.0 Å². The van der Waals surface area contributed by atoms with E-state index in [1.54, 1.807) is 24.5 Å². The summed E-state index contributed by atoms with van der Waals surface area (Å²) in [6.07, 6.45) is 5.59. The lowest BCUT2D eigenvalue weighted by molar-refractivity contribution is -0.130. The first-order valence-corrected chi connectivity index (χ1v) is 9.23. The van der Waals surface area contributed by atoms with Gasteiger partial charge in [-0.15, -0.1) is 0 Å². The minimum atomic E-state index is -0.101. The molecule has 0 aliphatic carbocycles. The number of amides is 2. The second kappa shape index (κ2) is 6.72. The molecule has 2 atom stereocenters. The van der Waals surface area contributed by atoms with Gasteiger partial charge in [0.1, 0.15) is 17.8 Å². The van der Waals surface area contributed by atoms with Gasteiger partial charge in [-0.05, 0) is 37.5 Å². The Bertz CT molecular complexity index is 891. The van der Waals surface area contributed by atoms with Gasteiger partial charge in [0.05, 0.1) is 18.8 Å². The maximum atomic E-state index is 13.2. The van der Waals surface area contributed by atoms with Crippen LogP contribution in [0.5, 0.6) is 5.75 Å². The van der Waals surface area contributed by atoms with E-state index in [0.717, 1.165) is 29.8 Å². The van der Waals surface area contributed by atoms with Gasteiger partial charge in [0.15, 0.2) is 0 Å². The molecule has 7 heteroatoms. The van der Waals surface area contributed by atoms with Gasteiger partial charge in [0, 0.05) is 32.3 Å². The molecule has 1 aromatic carbocycles. The predicted molar refractivity (Wildman–Crippen MR) is 100 cm³/mol. The number of benzene rings is 1. The Morgan fingerprint density at radius 3 is 2.81 bits per heavy atom. The molecule has 1 aromatic heterocycles. The molecule has 142 valence electrons. The van der Waals surface area contributed by atoms with Crippen LogP contribution in [0.2, 0.25) is 0 Å². The quantitative estimate of drug-likeness (QED) is 0.831. The van der Waals surface area contributed by atoms with Crippen LogP contribution >= 0.6 is 0 Å². The zero-order valence-electron chi connectivity index (χ0n) is 15.9. The van der Waals surface area contributed by atoms with Gasteiger partial charge < -0.3 is 19.1 Å². The van der Waals surface area contributed by atoms with Crippen LogP contribution in [0, 0.1) is 6.92 Å². The molecule has 2 aliphatic rings. The van der Waals surface area contributed by atoms with E-state index in [9.17, 15) is 9.59 Å². The minimum absolute atomic E-state index is 0.0291. The number of imidazole rings is 1. The van der Waals surface area contributed by atoms with E-state index in [4.69, 9.17) is 4.74 Å². The molecule has 2 amide bonds. The highest BCUT2D eigenvalue weighted by atomic mass is 16.5. The molecule has 0 radical (unpaired) electrons. The maximum Gasteiger partial charge on any atom is 0.274 e. The number of aryl methyl sites for hydroxylation is 1. The molecule has 3 heterocycles. The van der Waals surface area contributed by atoms with Crippen LogP contribution in [0.3, 0.4) is 0 Å². The Kier molecular flexibility index (Phi) is 4.37. The first-order chi connectivity index (χ1) is 13.0. The second-order valence-electron chi connectivity index (χ2n) is 7.42. The van der Waals surface area contributed by atoms with Gasteiger partial charge >= 0.3 is 0 Å². The topological polar surface area (TPSA) is 67.7 Å². The summed E-state index contributed by atoms with van der Waals surface area (Å²) in [5.41, 5.74) is 2.34. The minimum Gasteiger partial charge on any atom is -0.495 e.